The minimum absolute atomic E-state index is 0. The Kier molecular flexibility index (Phi) is 5.35. The summed E-state index contributed by atoms with van der Waals surface area (Å²) in [5, 5.41) is 0. The van der Waals surface area contributed by atoms with Gasteiger partial charge in [0.25, 0.3) is 0 Å². The zero-order valence-corrected chi connectivity index (χ0v) is 23.9. The van der Waals surface area contributed by atoms with Crippen molar-refractivity contribution >= 4 is 45.6 Å². The first-order chi connectivity index (χ1) is 19.8. The smallest absolute Gasteiger partial charge is 0.0738 e. The van der Waals surface area contributed by atoms with E-state index in [1.165, 1.54) is 0 Å². The van der Waals surface area contributed by atoms with E-state index in [1.807, 2.05) is 0 Å². The van der Waals surface area contributed by atoms with Crippen LogP contribution in [0.2, 0.25) is 0 Å². The molecule has 0 unspecified atom stereocenters. The molecular weight excluding hydrogens is 684 g/mol. The number of fused-ring (bicyclic) bond motifs is 16. The second-order valence-corrected chi connectivity index (χ2v) is 10.3. The Bertz CT molecular complexity index is 1780. The van der Waals surface area contributed by atoms with Gasteiger partial charge in [0.15, 0.2) is 0 Å². The summed E-state index contributed by atoms with van der Waals surface area (Å²) in [7, 11) is 0. The van der Waals surface area contributed by atoms with E-state index in [2.05, 4.69) is 121 Å². The third-order valence-electron chi connectivity index (χ3n) is 7.97. The molecule has 0 amide bonds. The molecular formula is C36H20N4Pt. The van der Waals surface area contributed by atoms with Crippen LogP contribution in [0.4, 0.5) is 0 Å². The fourth-order valence-electron chi connectivity index (χ4n) is 6.12. The third kappa shape index (κ3) is 3.65. The van der Waals surface area contributed by atoms with Crippen LogP contribution in [0.1, 0.15) is 44.5 Å². The summed E-state index contributed by atoms with van der Waals surface area (Å²) in [5.74, 6) is 0. The molecule has 0 spiro atoms. The number of aliphatic imine (C=N–C) groups is 4. The number of allylic oxidation sites excluding steroid dienone is 4. The first kappa shape index (κ1) is 24.0. The van der Waals surface area contributed by atoms with Crippen LogP contribution in [0.15, 0.2) is 141 Å². The van der Waals surface area contributed by atoms with Crippen LogP contribution in [0, 0.1) is 0 Å². The van der Waals surface area contributed by atoms with E-state index in [0.29, 0.717) is 0 Å². The van der Waals surface area contributed by atoms with E-state index in [9.17, 15) is 0 Å². The zero-order valence-electron chi connectivity index (χ0n) is 21.7. The molecule has 0 saturated carbocycles. The molecule has 8 bridgehead atoms. The molecule has 5 heterocycles. The van der Waals surface area contributed by atoms with Gasteiger partial charge in [0.05, 0.1) is 45.6 Å². The molecule has 41 heavy (non-hydrogen) atoms. The van der Waals surface area contributed by atoms with E-state index in [1.54, 1.807) is 0 Å². The van der Waals surface area contributed by atoms with Crippen molar-refractivity contribution in [2.75, 3.05) is 0 Å². The van der Waals surface area contributed by atoms with Crippen LogP contribution in [0.5, 0.6) is 0 Å². The molecule has 0 aromatic heterocycles. The monoisotopic (exact) mass is 703 g/mol. The fourth-order valence-corrected chi connectivity index (χ4v) is 6.12. The summed E-state index contributed by atoms with van der Waals surface area (Å²) in [6.45, 7) is 0. The second kappa shape index (κ2) is 9.12. The molecule has 0 radical (unpaired) electrons. The van der Waals surface area contributed by atoms with Gasteiger partial charge in [-0.3, -0.25) is 0 Å². The predicted octanol–water partition coefficient (Wildman–Crippen LogP) is 7.37. The first-order valence-electron chi connectivity index (χ1n) is 13.4. The second-order valence-electron chi connectivity index (χ2n) is 10.3. The van der Waals surface area contributed by atoms with Gasteiger partial charge >= 0.3 is 0 Å². The van der Waals surface area contributed by atoms with Crippen LogP contribution >= 0.6 is 0 Å². The molecule has 0 atom stereocenters. The van der Waals surface area contributed by atoms with Gasteiger partial charge in [-0.15, -0.1) is 0 Å². The van der Waals surface area contributed by atoms with Gasteiger partial charge in [-0.1, -0.05) is 97.1 Å². The molecule has 4 aromatic rings. The zero-order chi connectivity index (χ0) is 26.2. The van der Waals surface area contributed by atoms with Crippen molar-refractivity contribution in [2.24, 2.45) is 20.0 Å². The topological polar surface area (TPSA) is 49.4 Å². The summed E-state index contributed by atoms with van der Waals surface area (Å²) in [4.78, 5) is 20.5. The SMILES string of the molecule is C1=C2N=C(C=C3N=C(C=C4N=C(C=C5N=C1c1ccccc15)c1ccccc14)c1ccccc13)c1ccccc12.[Pt]. The summed E-state index contributed by atoms with van der Waals surface area (Å²) < 4.78 is 0. The van der Waals surface area contributed by atoms with Gasteiger partial charge in [-0.05, 0) is 24.3 Å². The van der Waals surface area contributed by atoms with Gasteiger partial charge in [0.2, 0.25) is 0 Å². The van der Waals surface area contributed by atoms with Crippen LogP contribution in [0.25, 0.3) is 22.8 Å². The van der Waals surface area contributed by atoms with Crippen molar-refractivity contribution in [3.8, 4) is 0 Å². The molecule has 0 saturated heterocycles. The van der Waals surface area contributed by atoms with Crippen molar-refractivity contribution in [2.45, 2.75) is 0 Å². The van der Waals surface area contributed by atoms with Crippen molar-refractivity contribution in [3.05, 3.63) is 166 Å². The van der Waals surface area contributed by atoms with Gasteiger partial charge in [0.1, 0.15) is 0 Å². The van der Waals surface area contributed by atoms with Crippen LogP contribution < -0.4 is 0 Å². The van der Waals surface area contributed by atoms with E-state index in [4.69, 9.17) is 20.0 Å². The standard InChI is InChI=1S/C36H20N4.Pt/c1-2-10-22-21(9-1)29-17-31-23-11-3-4-12-24(23)33(38-31)19-35-27-15-7-8-16-28(27)36(40-35)20-34-26-14-6-5-13-25(26)32(39-34)18-30(22)37-29;/h1-20H;. The summed E-state index contributed by atoms with van der Waals surface area (Å²) in [6, 6.07) is 33.6. The molecule has 194 valence electrons. The maximum Gasteiger partial charge on any atom is 0.0738 e. The van der Waals surface area contributed by atoms with Crippen molar-refractivity contribution < 1.29 is 21.1 Å². The number of nitrogens with zero attached hydrogens (tertiary/aromatic N) is 4. The number of benzene rings is 4. The van der Waals surface area contributed by atoms with Gasteiger partial charge < -0.3 is 0 Å². The molecule has 5 aliphatic heterocycles. The maximum absolute atomic E-state index is 5.13. The van der Waals surface area contributed by atoms with E-state index in [0.717, 1.165) is 90.1 Å². The Morgan fingerprint density at radius 3 is 0.683 bits per heavy atom. The molecule has 9 rings (SSSR count). The van der Waals surface area contributed by atoms with E-state index in [-0.39, 0.29) is 21.1 Å². The third-order valence-corrected chi connectivity index (χ3v) is 7.97. The minimum Gasteiger partial charge on any atom is -0.248 e. The predicted molar refractivity (Wildman–Crippen MR) is 164 cm³/mol. The largest absolute Gasteiger partial charge is 0.248 e. The molecule has 5 aliphatic rings. The molecule has 0 N–H and O–H groups in total. The number of hydrogen-bond donors (Lipinski definition) is 0. The van der Waals surface area contributed by atoms with Gasteiger partial charge in [-0.25, -0.2) is 20.0 Å². The molecule has 4 aromatic carbocycles. The van der Waals surface area contributed by atoms with Crippen molar-refractivity contribution in [3.63, 3.8) is 0 Å². The molecule has 4 nitrogen and oxygen atoms in total. The average molecular weight is 704 g/mol. The van der Waals surface area contributed by atoms with Crippen molar-refractivity contribution in [1.82, 2.24) is 0 Å². The van der Waals surface area contributed by atoms with Gasteiger partial charge in [0, 0.05) is 65.6 Å². The Labute approximate surface area is 251 Å². The van der Waals surface area contributed by atoms with Crippen LogP contribution in [0.3, 0.4) is 0 Å². The average Bonchev–Trinajstić information content (AvgIpc) is 3.73. The number of rotatable bonds is 0. The molecule has 0 fully saturated rings. The maximum atomic E-state index is 5.13. The van der Waals surface area contributed by atoms with E-state index >= 15 is 0 Å². The molecule has 5 heteroatoms. The number of hydrogen-bond acceptors (Lipinski definition) is 4. The Morgan fingerprint density at radius 2 is 0.463 bits per heavy atom. The summed E-state index contributed by atoms with van der Waals surface area (Å²) >= 11 is 0. The van der Waals surface area contributed by atoms with Crippen LogP contribution in [-0.2, 0) is 21.1 Å². The molecule has 0 aliphatic carbocycles. The Morgan fingerprint density at radius 1 is 0.268 bits per heavy atom. The summed E-state index contributed by atoms with van der Waals surface area (Å²) in [5.41, 5.74) is 16.1. The minimum atomic E-state index is 0. The normalized spacial score (nSPS) is 16.8. The first-order valence-corrected chi connectivity index (χ1v) is 13.4. The van der Waals surface area contributed by atoms with Crippen molar-refractivity contribution in [1.29, 1.82) is 0 Å². The Hall–Kier alpha value is -4.79. The van der Waals surface area contributed by atoms with Gasteiger partial charge in [-0.2, -0.15) is 0 Å². The fraction of sp³-hybridized carbons (Fsp3) is 0. The Balaban J connectivity index is 0.00000256. The van der Waals surface area contributed by atoms with Crippen LogP contribution in [-0.4, -0.2) is 22.8 Å². The van der Waals surface area contributed by atoms with E-state index < -0.39 is 0 Å². The summed E-state index contributed by atoms with van der Waals surface area (Å²) in [6.07, 6.45) is 8.46. The quantitative estimate of drug-likeness (QED) is 0.184.